The van der Waals surface area contributed by atoms with Gasteiger partial charge in [0.2, 0.25) is 10.0 Å². The van der Waals surface area contributed by atoms with Gasteiger partial charge in [-0.05, 0) is 38.4 Å². The van der Waals surface area contributed by atoms with Gasteiger partial charge in [0, 0.05) is 30.6 Å². The zero-order chi connectivity index (χ0) is 22.9. The molecule has 0 atom stereocenters. The second kappa shape index (κ2) is 9.09. The third-order valence-corrected chi connectivity index (χ3v) is 7.03. The van der Waals surface area contributed by atoms with E-state index >= 15 is 4.39 Å². The summed E-state index contributed by atoms with van der Waals surface area (Å²) in [6, 6.07) is 11.0. The van der Waals surface area contributed by atoms with Crippen molar-refractivity contribution >= 4 is 10.0 Å². The molecule has 3 aromatic rings. The summed E-state index contributed by atoms with van der Waals surface area (Å²) in [5.41, 5.74) is 2.55. The summed E-state index contributed by atoms with van der Waals surface area (Å²) >= 11 is 0. The minimum absolute atomic E-state index is 0.0887. The number of aromatic nitrogens is 3. The van der Waals surface area contributed by atoms with Gasteiger partial charge >= 0.3 is 0 Å². The summed E-state index contributed by atoms with van der Waals surface area (Å²) in [7, 11) is -2.24. The van der Waals surface area contributed by atoms with Crippen LogP contribution < -0.4 is 5.14 Å². The van der Waals surface area contributed by atoms with Crippen molar-refractivity contribution in [1.29, 1.82) is 0 Å². The van der Waals surface area contributed by atoms with Gasteiger partial charge in [-0.25, -0.2) is 27.6 Å². The van der Waals surface area contributed by atoms with Crippen LogP contribution in [0.2, 0.25) is 0 Å². The molecule has 0 saturated heterocycles. The lowest BCUT2D eigenvalue weighted by molar-refractivity contribution is 0.232. The average molecular weight is 458 g/mol. The van der Waals surface area contributed by atoms with Crippen LogP contribution in [0, 0.1) is 12.7 Å². The van der Waals surface area contributed by atoms with Crippen LogP contribution in [0.25, 0.3) is 5.69 Å². The molecule has 0 radical (unpaired) electrons. The lowest BCUT2D eigenvalue weighted by atomic mass is 10.1. The molecular formula is C23H28FN5O2S. The van der Waals surface area contributed by atoms with Crippen LogP contribution in [0.3, 0.4) is 0 Å². The Kier molecular flexibility index (Phi) is 6.41. The Balaban J connectivity index is 1.64. The predicted octanol–water partition coefficient (Wildman–Crippen LogP) is 3.33. The van der Waals surface area contributed by atoms with Gasteiger partial charge in [0.05, 0.1) is 10.6 Å². The molecule has 1 heterocycles. The highest BCUT2D eigenvalue weighted by atomic mass is 32.2. The largest absolute Gasteiger partial charge is 0.299 e. The number of hydrogen-bond acceptors (Lipinski definition) is 5. The fourth-order valence-corrected chi connectivity index (χ4v) is 5.16. The second-order valence-corrected chi connectivity index (χ2v) is 10.1. The highest BCUT2D eigenvalue weighted by molar-refractivity contribution is 7.89. The Morgan fingerprint density at radius 2 is 1.97 bits per heavy atom. The van der Waals surface area contributed by atoms with Crippen LogP contribution >= 0.6 is 0 Å². The molecular weight excluding hydrogens is 429 g/mol. The van der Waals surface area contributed by atoms with Crippen molar-refractivity contribution in [2.75, 3.05) is 7.05 Å². The molecule has 1 aliphatic carbocycles. The average Bonchev–Trinajstić information content (AvgIpc) is 3.41. The minimum atomic E-state index is -4.13. The lowest BCUT2D eigenvalue weighted by Crippen LogP contribution is -2.30. The van der Waals surface area contributed by atoms with E-state index in [1.807, 2.05) is 37.1 Å². The maximum atomic E-state index is 15.2. The van der Waals surface area contributed by atoms with Crippen molar-refractivity contribution in [1.82, 2.24) is 19.7 Å². The number of aryl methyl sites for hydroxylation is 1. The smallest absolute Gasteiger partial charge is 0.238 e. The van der Waals surface area contributed by atoms with E-state index in [0.717, 1.165) is 36.8 Å². The molecule has 1 fully saturated rings. The zero-order valence-corrected chi connectivity index (χ0v) is 19.1. The van der Waals surface area contributed by atoms with Crippen LogP contribution in [0.5, 0.6) is 0 Å². The van der Waals surface area contributed by atoms with Crippen LogP contribution in [-0.2, 0) is 23.0 Å². The molecule has 4 rings (SSSR count). The van der Waals surface area contributed by atoms with Crippen molar-refractivity contribution in [2.45, 2.75) is 56.5 Å². The number of sulfonamides is 1. The molecule has 2 aromatic carbocycles. The fraction of sp³-hybridized carbons (Fsp3) is 0.391. The van der Waals surface area contributed by atoms with Crippen LogP contribution in [0.1, 0.15) is 48.2 Å². The van der Waals surface area contributed by atoms with Gasteiger partial charge in [-0.15, -0.1) is 0 Å². The number of rotatable bonds is 7. The first-order valence-electron chi connectivity index (χ1n) is 10.7. The molecule has 170 valence electrons. The quantitative estimate of drug-likeness (QED) is 0.587. The number of halogens is 1. The van der Waals surface area contributed by atoms with Crippen molar-refractivity contribution in [3.63, 3.8) is 0 Å². The highest BCUT2D eigenvalue weighted by Crippen LogP contribution is 2.28. The molecule has 1 aliphatic rings. The topological polar surface area (TPSA) is 94.1 Å². The number of primary sulfonamides is 1. The second-order valence-electron chi connectivity index (χ2n) is 8.57. The van der Waals surface area contributed by atoms with Gasteiger partial charge in [0.25, 0.3) is 0 Å². The summed E-state index contributed by atoms with van der Waals surface area (Å²) in [6.07, 6.45) is 6.30. The van der Waals surface area contributed by atoms with Gasteiger partial charge < -0.3 is 0 Å². The Labute approximate surface area is 188 Å². The number of nitrogens with two attached hydrogens (primary N) is 1. The maximum absolute atomic E-state index is 15.2. The molecule has 32 heavy (non-hydrogen) atoms. The lowest BCUT2D eigenvalue weighted by Gasteiger charge is -2.25. The van der Waals surface area contributed by atoms with E-state index in [2.05, 4.69) is 16.1 Å². The Morgan fingerprint density at radius 3 is 2.66 bits per heavy atom. The predicted molar refractivity (Wildman–Crippen MR) is 120 cm³/mol. The zero-order valence-electron chi connectivity index (χ0n) is 18.3. The standard InChI is InChI=1S/C23H28FN5O2S/c1-16-6-5-7-17(10-16)11-23-26-15-29(27-23)19-12-21(24)20(22(13-19)32(25,30)31)14-28(2)18-8-3-4-9-18/h5-7,10,12-13,15,18H,3-4,8-9,11,14H2,1-2H3,(H2,25,30,31). The van der Waals surface area contributed by atoms with Crippen LogP contribution in [-0.4, -0.2) is 41.2 Å². The Hall–Kier alpha value is -2.62. The van der Waals surface area contributed by atoms with Crippen LogP contribution in [0.15, 0.2) is 47.6 Å². The van der Waals surface area contributed by atoms with E-state index in [-0.39, 0.29) is 22.7 Å². The van der Waals surface area contributed by atoms with Crippen molar-refractivity contribution in [2.24, 2.45) is 5.14 Å². The summed E-state index contributed by atoms with van der Waals surface area (Å²) in [4.78, 5) is 6.10. The highest BCUT2D eigenvalue weighted by Gasteiger charge is 2.25. The van der Waals surface area contributed by atoms with E-state index in [0.29, 0.717) is 18.3 Å². The number of nitrogens with zero attached hydrogens (tertiary/aromatic N) is 4. The molecule has 1 aromatic heterocycles. The summed E-state index contributed by atoms with van der Waals surface area (Å²) in [5.74, 6) is -0.0645. The monoisotopic (exact) mass is 457 g/mol. The van der Waals surface area contributed by atoms with Crippen molar-refractivity contribution < 1.29 is 12.8 Å². The first-order chi connectivity index (χ1) is 15.2. The molecule has 0 spiro atoms. The van der Waals surface area contributed by atoms with E-state index in [1.54, 1.807) is 0 Å². The first kappa shape index (κ1) is 22.6. The van der Waals surface area contributed by atoms with Gasteiger partial charge in [-0.2, -0.15) is 5.10 Å². The molecule has 0 unspecified atom stereocenters. The maximum Gasteiger partial charge on any atom is 0.238 e. The number of hydrogen-bond donors (Lipinski definition) is 1. The molecule has 0 bridgehead atoms. The van der Waals surface area contributed by atoms with Crippen molar-refractivity contribution in [3.8, 4) is 5.69 Å². The van der Waals surface area contributed by atoms with E-state index in [4.69, 9.17) is 5.14 Å². The summed E-state index contributed by atoms with van der Waals surface area (Å²) in [5, 5.41) is 9.88. The van der Waals surface area contributed by atoms with Gasteiger partial charge in [-0.3, -0.25) is 4.90 Å². The van der Waals surface area contributed by atoms with Crippen molar-refractivity contribution in [3.05, 3.63) is 71.1 Å². The molecule has 0 aliphatic heterocycles. The van der Waals surface area contributed by atoms with E-state index < -0.39 is 15.8 Å². The fourth-order valence-electron chi connectivity index (χ4n) is 4.37. The molecule has 0 amide bonds. The van der Waals surface area contributed by atoms with Gasteiger partial charge in [0.15, 0.2) is 5.82 Å². The SMILES string of the molecule is Cc1cccc(Cc2ncn(-c3cc(F)c(CN(C)C4CCCC4)c(S(N)(=O)=O)c3)n2)c1. The minimum Gasteiger partial charge on any atom is -0.299 e. The van der Waals surface area contributed by atoms with E-state index in [9.17, 15) is 8.42 Å². The molecule has 9 heteroatoms. The molecule has 7 nitrogen and oxygen atoms in total. The van der Waals surface area contributed by atoms with Gasteiger partial charge in [-0.1, -0.05) is 42.7 Å². The summed E-state index contributed by atoms with van der Waals surface area (Å²) in [6.45, 7) is 2.19. The summed E-state index contributed by atoms with van der Waals surface area (Å²) < 4.78 is 41.2. The molecule has 2 N–H and O–H groups in total. The molecule has 1 saturated carbocycles. The number of benzene rings is 2. The first-order valence-corrected chi connectivity index (χ1v) is 12.3. The third kappa shape index (κ3) is 5.06. The Bertz CT molecular complexity index is 1220. The Morgan fingerprint density at radius 1 is 1.22 bits per heavy atom. The third-order valence-electron chi connectivity index (χ3n) is 6.05. The van der Waals surface area contributed by atoms with Gasteiger partial charge in [0.1, 0.15) is 12.1 Å². The van der Waals surface area contributed by atoms with E-state index in [1.165, 1.54) is 23.1 Å². The normalized spacial score (nSPS) is 15.0. The van der Waals surface area contributed by atoms with Crippen LogP contribution in [0.4, 0.5) is 4.39 Å².